The minimum Gasteiger partial charge on any atom is -0.477 e. The molecule has 6 nitrogen and oxygen atoms in total. The predicted molar refractivity (Wildman–Crippen MR) is 62.3 cm³/mol. The van der Waals surface area contributed by atoms with Gasteiger partial charge in [0.25, 0.3) is 0 Å². The quantitative estimate of drug-likeness (QED) is 0.752. The van der Waals surface area contributed by atoms with Gasteiger partial charge in [0.15, 0.2) is 0 Å². The number of anilines is 1. The number of aromatic nitrogens is 1. The number of ether oxygens (including phenoxy) is 1. The molecule has 0 radical (unpaired) electrons. The fourth-order valence-electron chi connectivity index (χ4n) is 1.24. The molecule has 0 unspecified atom stereocenters. The molecular formula is C11H16N2O4. The van der Waals surface area contributed by atoms with Crippen LogP contribution < -0.4 is 5.32 Å². The van der Waals surface area contributed by atoms with Crippen LogP contribution in [0.25, 0.3) is 0 Å². The minimum atomic E-state index is -1.13. The molecule has 0 aliphatic heterocycles. The second-order valence-corrected chi connectivity index (χ2v) is 4.16. The number of aromatic amines is 1. The first-order valence-electron chi connectivity index (χ1n) is 5.26. The van der Waals surface area contributed by atoms with Crippen LogP contribution in [0.4, 0.5) is 10.5 Å². The van der Waals surface area contributed by atoms with Crippen LogP contribution in [0.5, 0.6) is 0 Å². The van der Waals surface area contributed by atoms with Crippen molar-refractivity contribution >= 4 is 17.7 Å². The van der Waals surface area contributed by atoms with E-state index in [2.05, 4.69) is 10.3 Å². The molecule has 0 aliphatic rings. The number of hydrogen-bond acceptors (Lipinski definition) is 3. The lowest BCUT2D eigenvalue weighted by atomic mass is 10.2. The maximum Gasteiger partial charge on any atom is 0.411 e. The normalized spacial score (nSPS) is 10.4. The van der Waals surface area contributed by atoms with Crippen molar-refractivity contribution in [2.75, 3.05) is 11.9 Å². The second kappa shape index (κ2) is 5.38. The summed E-state index contributed by atoms with van der Waals surface area (Å²) in [4.78, 5) is 24.9. The monoisotopic (exact) mass is 240 g/mol. The van der Waals surface area contributed by atoms with E-state index in [1.54, 1.807) is 13.0 Å². The smallest absolute Gasteiger partial charge is 0.411 e. The van der Waals surface area contributed by atoms with Crippen molar-refractivity contribution in [3.05, 3.63) is 17.5 Å². The SMILES string of the molecule is Cc1cc(NC(=O)OCC(C)C)c(C(=O)O)[nH]1. The fourth-order valence-corrected chi connectivity index (χ4v) is 1.24. The first-order chi connectivity index (χ1) is 7.90. The number of nitrogens with one attached hydrogen (secondary N) is 2. The van der Waals surface area contributed by atoms with E-state index in [9.17, 15) is 9.59 Å². The Morgan fingerprint density at radius 2 is 2.18 bits per heavy atom. The van der Waals surface area contributed by atoms with E-state index in [1.807, 2.05) is 13.8 Å². The number of carboxylic acid groups (broad SMARTS) is 1. The zero-order valence-corrected chi connectivity index (χ0v) is 10.0. The topological polar surface area (TPSA) is 91.4 Å². The van der Waals surface area contributed by atoms with Gasteiger partial charge in [-0.15, -0.1) is 0 Å². The van der Waals surface area contributed by atoms with Gasteiger partial charge in [0.05, 0.1) is 12.3 Å². The Morgan fingerprint density at radius 3 is 2.71 bits per heavy atom. The molecule has 0 spiro atoms. The third kappa shape index (κ3) is 3.82. The number of rotatable bonds is 4. The Balaban J connectivity index is 2.68. The molecule has 0 fully saturated rings. The van der Waals surface area contributed by atoms with E-state index in [-0.39, 0.29) is 23.9 Å². The molecule has 6 heteroatoms. The molecule has 1 amide bonds. The van der Waals surface area contributed by atoms with Crippen LogP contribution in [0.3, 0.4) is 0 Å². The first kappa shape index (κ1) is 13.1. The molecule has 0 saturated carbocycles. The molecule has 1 aromatic heterocycles. The van der Waals surface area contributed by atoms with Gasteiger partial charge < -0.3 is 14.8 Å². The maximum atomic E-state index is 11.4. The molecule has 0 bridgehead atoms. The van der Waals surface area contributed by atoms with Gasteiger partial charge >= 0.3 is 12.1 Å². The Hall–Kier alpha value is -1.98. The van der Waals surface area contributed by atoms with Crippen molar-refractivity contribution in [1.29, 1.82) is 0 Å². The van der Waals surface area contributed by atoms with E-state index >= 15 is 0 Å². The standard InChI is InChI=1S/C11H16N2O4/c1-6(2)5-17-11(16)13-8-4-7(3)12-9(8)10(14)15/h4,6,12H,5H2,1-3H3,(H,13,16)(H,14,15). The summed E-state index contributed by atoms with van der Waals surface area (Å²) in [5, 5.41) is 11.3. The van der Waals surface area contributed by atoms with E-state index in [0.717, 1.165) is 0 Å². The summed E-state index contributed by atoms with van der Waals surface area (Å²) in [7, 11) is 0. The molecule has 3 N–H and O–H groups in total. The average molecular weight is 240 g/mol. The molecule has 1 heterocycles. The highest BCUT2D eigenvalue weighted by Crippen LogP contribution is 2.17. The van der Waals surface area contributed by atoms with Crippen LogP contribution in [-0.2, 0) is 4.74 Å². The van der Waals surface area contributed by atoms with Crippen LogP contribution >= 0.6 is 0 Å². The molecule has 0 atom stereocenters. The van der Waals surface area contributed by atoms with Crippen LogP contribution in [-0.4, -0.2) is 28.8 Å². The first-order valence-corrected chi connectivity index (χ1v) is 5.26. The average Bonchev–Trinajstić information content (AvgIpc) is 2.56. The van der Waals surface area contributed by atoms with Gasteiger partial charge in [-0.25, -0.2) is 9.59 Å². The molecule has 0 aliphatic carbocycles. The summed E-state index contributed by atoms with van der Waals surface area (Å²) in [6.07, 6.45) is -0.653. The molecule has 17 heavy (non-hydrogen) atoms. The van der Waals surface area contributed by atoms with Gasteiger partial charge in [0, 0.05) is 5.69 Å². The molecule has 94 valence electrons. The molecular weight excluding hydrogens is 224 g/mol. The second-order valence-electron chi connectivity index (χ2n) is 4.16. The molecule has 1 aromatic rings. The number of hydrogen-bond donors (Lipinski definition) is 3. The highest BCUT2D eigenvalue weighted by Gasteiger charge is 2.15. The van der Waals surface area contributed by atoms with Crippen molar-refractivity contribution in [3.63, 3.8) is 0 Å². The van der Waals surface area contributed by atoms with E-state index < -0.39 is 12.1 Å². The van der Waals surface area contributed by atoms with Crippen LogP contribution in [0.15, 0.2) is 6.07 Å². The van der Waals surface area contributed by atoms with Gasteiger partial charge in [-0.2, -0.15) is 0 Å². The Labute approximate surface area is 99.0 Å². The lowest BCUT2D eigenvalue weighted by Crippen LogP contribution is -2.17. The Kier molecular flexibility index (Phi) is 4.14. The van der Waals surface area contributed by atoms with Gasteiger partial charge in [0.1, 0.15) is 5.69 Å². The van der Waals surface area contributed by atoms with Crippen LogP contribution in [0, 0.1) is 12.8 Å². The van der Waals surface area contributed by atoms with Crippen LogP contribution in [0.1, 0.15) is 30.0 Å². The zero-order valence-electron chi connectivity index (χ0n) is 10.0. The summed E-state index contributed by atoms with van der Waals surface area (Å²) >= 11 is 0. The van der Waals surface area contributed by atoms with E-state index in [0.29, 0.717) is 5.69 Å². The number of carbonyl (C=O) groups is 2. The Morgan fingerprint density at radius 1 is 1.53 bits per heavy atom. The summed E-state index contributed by atoms with van der Waals surface area (Å²) in [5.74, 6) is -0.898. The zero-order chi connectivity index (χ0) is 13.0. The van der Waals surface area contributed by atoms with Crippen molar-refractivity contribution in [3.8, 4) is 0 Å². The summed E-state index contributed by atoms with van der Waals surface area (Å²) < 4.78 is 4.89. The highest BCUT2D eigenvalue weighted by molar-refractivity contribution is 5.97. The van der Waals surface area contributed by atoms with E-state index in [1.165, 1.54) is 0 Å². The minimum absolute atomic E-state index is 0.0519. The number of carbonyl (C=O) groups excluding carboxylic acids is 1. The molecule has 0 aromatic carbocycles. The van der Waals surface area contributed by atoms with Gasteiger partial charge in [-0.1, -0.05) is 13.8 Å². The van der Waals surface area contributed by atoms with Crippen molar-refractivity contribution in [2.45, 2.75) is 20.8 Å². The lowest BCUT2D eigenvalue weighted by molar-refractivity contribution is 0.0692. The number of H-pyrrole nitrogens is 1. The van der Waals surface area contributed by atoms with Crippen LogP contribution in [0.2, 0.25) is 0 Å². The number of aryl methyl sites for hydroxylation is 1. The van der Waals surface area contributed by atoms with Crippen molar-refractivity contribution in [2.24, 2.45) is 5.92 Å². The largest absolute Gasteiger partial charge is 0.477 e. The van der Waals surface area contributed by atoms with Crippen molar-refractivity contribution < 1.29 is 19.4 Å². The van der Waals surface area contributed by atoms with Crippen molar-refractivity contribution in [1.82, 2.24) is 4.98 Å². The third-order valence-electron chi connectivity index (χ3n) is 1.95. The highest BCUT2D eigenvalue weighted by atomic mass is 16.5. The van der Waals surface area contributed by atoms with Gasteiger partial charge in [-0.05, 0) is 18.9 Å². The number of aromatic carboxylic acids is 1. The fraction of sp³-hybridized carbons (Fsp3) is 0.455. The Bertz CT molecular complexity index is 423. The van der Waals surface area contributed by atoms with Gasteiger partial charge in [-0.3, -0.25) is 5.32 Å². The third-order valence-corrected chi connectivity index (χ3v) is 1.95. The maximum absolute atomic E-state index is 11.4. The predicted octanol–water partition coefficient (Wildman–Crippen LogP) is 2.23. The summed E-state index contributed by atoms with van der Waals surface area (Å²) in [5.41, 5.74) is 0.814. The molecule has 1 rings (SSSR count). The molecule has 0 saturated heterocycles. The number of carboxylic acids is 1. The van der Waals surface area contributed by atoms with Gasteiger partial charge in [0.2, 0.25) is 0 Å². The number of amides is 1. The lowest BCUT2D eigenvalue weighted by Gasteiger charge is -2.08. The van der Waals surface area contributed by atoms with E-state index in [4.69, 9.17) is 9.84 Å². The summed E-state index contributed by atoms with van der Waals surface area (Å²) in [6, 6.07) is 1.54. The summed E-state index contributed by atoms with van der Waals surface area (Å²) in [6.45, 7) is 5.82.